The SMILES string of the molecule is CCCS(=O)(=O)Nc1ccc(F)c(C(=O)c2c[nH]c3ncc(Cl)cc23)c1F.Nc1nc(Nc2ccc3c(c2)CC[C@@H](N2CCCC2)CC3)nn1-c1cc2c(nn1)-c1ccccc1CCC2. The second-order valence-corrected chi connectivity index (χ2v) is 18.9. The molecule has 4 aromatic heterocycles. The van der Waals surface area contributed by atoms with Gasteiger partial charge in [-0.2, -0.15) is 9.67 Å². The van der Waals surface area contributed by atoms with E-state index in [0.29, 0.717) is 41.2 Å². The number of carbonyl (C=O) groups excluding carboxylic acids is 1. The fourth-order valence-corrected chi connectivity index (χ4v) is 10.4. The Morgan fingerprint density at radius 3 is 2.52 bits per heavy atom. The predicted octanol–water partition coefficient (Wildman–Crippen LogP) is 8.76. The van der Waals surface area contributed by atoms with Crippen molar-refractivity contribution in [3.63, 3.8) is 0 Å². The number of likely N-dealkylation sites (tertiary alicyclic amines) is 1. The third-order valence-corrected chi connectivity index (χ3v) is 14.0. The van der Waals surface area contributed by atoms with Crippen molar-refractivity contribution in [2.45, 2.75) is 77.2 Å². The van der Waals surface area contributed by atoms with Crippen LogP contribution in [0.25, 0.3) is 28.1 Å². The lowest BCUT2D eigenvalue weighted by Gasteiger charge is -2.25. The van der Waals surface area contributed by atoms with Gasteiger partial charge in [0.05, 0.1) is 27.7 Å². The predicted molar refractivity (Wildman–Crippen MR) is 248 cm³/mol. The molecule has 3 aromatic carbocycles. The monoisotopic (exact) mass is 919 g/mol. The number of pyridine rings is 1. The number of halogens is 3. The summed E-state index contributed by atoms with van der Waals surface area (Å²) < 4.78 is 56.4. The lowest BCUT2D eigenvalue weighted by atomic mass is 10.0. The number of anilines is 4. The Hall–Kier alpha value is -6.30. The van der Waals surface area contributed by atoms with Gasteiger partial charge in [0, 0.05) is 40.6 Å². The summed E-state index contributed by atoms with van der Waals surface area (Å²) in [6.45, 7) is 4.18. The molecule has 0 amide bonds. The van der Waals surface area contributed by atoms with E-state index in [0.717, 1.165) is 55.6 Å². The topological polar surface area (TPSA) is 190 Å². The number of carbonyl (C=O) groups is 1. The summed E-state index contributed by atoms with van der Waals surface area (Å²) >= 11 is 5.88. The first-order valence-electron chi connectivity index (χ1n) is 21.9. The van der Waals surface area contributed by atoms with Crippen molar-refractivity contribution in [1.82, 2.24) is 39.8 Å². The molecule has 18 heteroatoms. The van der Waals surface area contributed by atoms with E-state index in [1.165, 1.54) is 85.1 Å². The molecule has 2 aliphatic carbocycles. The third kappa shape index (κ3) is 9.44. The molecule has 1 saturated heterocycles. The summed E-state index contributed by atoms with van der Waals surface area (Å²) in [7, 11) is -3.81. The van der Waals surface area contributed by atoms with Crippen molar-refractivity contribution in [1.29, 1.82) is 0 Å². The Balaban J connectivity index is 0.000000175. The molecule has 1 fully saturated rings. The van der Waals surface area contributed by atoms with Gasteiger partial charge in [-0.05, 0) is 136 Å². The number of sulfonamides is 1. The standard InChI is InChI=1S/C30H34N8.C17H14ClF2N3O3S/c31-29-33-30(32-24-13-10-20-11-14-25(15-12-22(20)18-24)37-16-3-4-17-37)36-38(29)27-19-23-8-5-7-21-6-1-2-9-26(21)28(23)35-34-27;1-2-5-27(25,26)23-13-4-3-12(19)14(15(13)20)16(24)11-8-22-17-10(11)6-9(18)7-21-17/h1-2,6,9-10,13,18-19,25H,3-5,7-8,11-12,14-17H2,(H3,31,32,33,36);3-4,6-8,23H,2,5H2,1H3,(H,21,22)/t25-;/m0./s1. The summed E-state index contributed by atoms with van der Waals surface area (Å²) in [5.41, 5.74) is 13.7. The van der Waals surface area contributed by atoms with Gasteiger partial charge in [-0.3, -0.25) is 9.52 Å². The molecule has 0 spiro atoms. The van der Waals surface area contributed by atoms with Crippen LogP contribution in [0.2, 0.25) is 5.02 Å². The molecule has 1 atom stereocenters. The fourth-order valence-electron chi connectivity index (χ4n) is 9.12. The number of rotatable bonds is 10. The van der Waals surface area contributed by atoms with Crippen LogP contribution in [0.5, 0.6) is 0 Å². The summed E-state index contributed by atoms with van der Waals surface area (Å²) in [5, 5.41) is 17.7. The van der Waals surface area contributed by atoms with Crippen LogP contribution in [-0.4, -0.2) is 78.9 Å². The maximum atomic E-state index is 14.8. The Morgan fingerprint density at radius 1 is 0.923 bits per heavy atom. The number of hydrogen-bond donors (Lipinski definition) is 4. The van der Waals surface area contributed by atoms with Crippen molar-refractivity contribution >= 4 is 61.7 Å². The molecule has 5 heterocycles. The number of ketones is 1. The number of nitrogen functional groups attached to an aromatic ring is 1. The minimum Gasteiger partial charge on any atom is -0.368 e. The van der Waals surface area contributed by atoms with Crippen molar-refractivity contribution in [3.8, 4) is 17.1 Å². The Bertz CT molecular complexity index is 3030. The maximum absolute atomic E-state index is 14.8. The van der Waals surface area contributed by atoms with E-state index in [1.807, 2.05) is 4.72 Å². The number of nitrogens with two attached hydrogens (primary N) is 1. The smallest absolute Gasteiger partial charge is 0.248 e. The first-order valence-corrected chi connectivity index (χ1v) is 23.9. The van der Waals surface area contributed by atoms with Crippen LogP contribution in [0.3, 0.4) is 0 Å². The number of nitrogens with one attached hydrogen (secondary N) is 3. The van der Waals surface area contributed by atoms with Crippen LogP contribution in [0.1, 0.15) is 83.6 Å². The van der Waals surface area contributed by atoms with Gasteiger partial charge >= 0.3 is 0 Å². The van der Waals surface area contributed by atoms with Crippen LogP contribution in [0.4, 0.5) is 32.1 Å². The Morgan fingerprint density at radius 2 is 1.71 bits per heavy atom. The molecule has 65 heavy (non-hydrogen) atoms. The molecule has 7 aromatic rings. The van der Waals surface area contributed by atoms with E-state index in [2.05, 4.69) is 89.0 Å². The van der Waals surface area contributed by atoms with Gasteiger partial charge in [0.25, 0.3) is 0 Å². The van der Waals surface area contributed by atoms with Gasteiger partial charge in [-0.25, -0.2) is 22.2 Å². The average molecular weight is 920 g/mol. The third-order valence-electron chi connectivity index (χ3n) is 12.3. The lowest BCUT2D eigenvalue weighted by Crippen LogP contribution is -2.32. The van der Waals surface area contributed by atoms with Crippen molar-refractivity contribution in [3.05, 3.63) is 129 Å². The molecule has 1 aliphatic heterocycles. The van der Waals surface area contributed by atoms with E-state index in [-0.39, 0.29) is 16.3 Å². The number of aromatic nitrogens is 7. The molecular weight excluding hydrogens is 872 g/mol. The summed E-state index contributed by atoms with van der Waals surface area (Å²) in [6, 6.07) is 21.1. The minimum absolute atomic E-state index is 0.0358. The van der Waals surface area contributed by atoms with Crippen LogP contribution in [0, 0.1) is 11.6 Å². The van der Waals surface area contributed by atoms with Gasteiger partial charge in [-0.15, -0.1) is 15.3 Å². The van der Waals surface area contributed by atoms with E-state index >= 15 is 0 Å². The molecule has 14 nitrogen and oxygen atoms in total. The zero-order valence-corrected chi connectivity index (χ0v) is 37.3. The highest BCUT2D eigenvalue weighted by molar-refractivity contribution is 7.92. The number of hydrogen-bond acceptors (Lipinski definition) is 11. The zero-order chi connectivity index (χ0) is 45.2. The molecule has 0 radical (unpaired) electrons. The Kier molecular flexibility index (Phi) is 12.6. The second-order valence-electron chi connectivity index (χ2n) is 16.7. The molecule has 3 aliphatic rings. The van der Waals surface area contributed by atoms with Crippen LogP contribution < -0.4 is 15.8 Å². The molecule has 10 rings (SSSR count). The number of nitrogens with zero attached hydrogens (tertiary/aromatic N) is 7. The molecule has 0 bridgehead atoms. The largest absolute Gasteiger partial charge is 0.368 e. The number of benzene rings is 3. The van der Waals surface area contributed by atoms with E-state index in [9.17, 15) is 22.0 Å². The highest BCUT2D eigenvalue weighted by Gasteiger charge is 2.27. The molecule has 0 unspecified atom stereocenters. The average Bonchev–Trinajstić information content (AvgIpc) is 4.00. The quantitative estimate of drug-likeness (QED) is 0.0758. The normalized spacial score (nSPS) is 16.1. The van der Waals surface area contributed by atoms with Crippen LogP contribution in [-0.2, 0) is 35.7 Å². The number of H-pyrrole nitrogens is 1. The first kappa shape index (κ1) is 43.9. The van der Waals surface area contributed by atoms with E-state index in [1.54, 1.807) is 11.6 Å². The highest BCUT2D eigenvalue weighted by Crippen LogP contribution is 2.33. The summed E-state index contributed by atoms with van der Waals surface area (Å²) in [4.78, 5) is 26.7. The molecular formula is C47H48ClF2N11O3S. The maximum Gasteiger partial charge on any atom is 0.248 e. The lowest BCUT2D eigenvalue weighted by molar-refractivity contribution is 0.103. The van der Waals surface area contributed by atoms with Crippen molar-refractivity contribution < 1.29 is 22.0 Å². The van der Waals surface area contributed by atoms with E-state index in [4.69, 9.17) is 17.3 Å². The number of aryl methyl sites for hydroxylation is 4. The number of aromatic amines is 1. The van der Waals surface area contributed by atoms with Gasteiger partial charge in [0.2, 0.25) is 27.7 Å². The first-order chi connectivity index (χ1) is 31.4. The zero-order valence-electron chi connectivity index (χ0n) is 35.8. The van der Waals surface area contributed by atoms with Crippen molar-refractivity contribution in [2.24, 2.45) is 0 Å². The van der Waals surface area contributed by atoms with Gasteiger partial charge in [0.15, 0.2) is 11.6 Å². The second kappa shape index (κ2) is 18.7. The minimum atomic E-state index is -3.81. The fraction of sp³-hybridized carbons (Fsp3) is 0.319. The summed E-state index contributed by atoms with van der Waals surface area (Å²) in [6.07, 6.45) is 13.5. The Labute approximate surface area is 380 Å². The molecule has 0 saturated carbocycles. The number of fused-ring (bicyclic) bond motifs is 5. The van der Waals surface area contributed by atoms with Crippen LogP contribution >= 0.6 is 11.6 Å². The van der Waals surface area contributed by atoms with Crippen molar-refractivity contribution in [2.75, 3.05) is 34.6 Å². The van der Waals surface area contributed by atoms with Gasteiger partial charge in [0.1, 0.15) is 11.5 Å². The molecule has 5 N–H and O–H groups in total. The van der Waals surface area contributed by atoms with Crippen LogP contribution in [0.15, 0.2) is 79.1 Å². The summed E-state index contributed by atoms with van der Waals surface area (Å²) in [5.74, 6) is -2.25. The van der Waals surface area contributed by atoms with Gasteiger partial charge in [-0.1, -0.05) is 48.9 Å². The van der Waals surface area contributed by atoms with E-state index < -0.39 is 38.7 Å². The highest BCUT2D eigenvalue weighted by atomic mass is 35.5. The van der Waals surface area contributed by atoms with Gasteiger partial charge < -0.3 is 20.9 Å². The molecule has 336 valence electrons.